The molecule has 1 unspecified atom stereocenters. The summed E-state index contributed by atoms with van der Waals surface area (Å²) in [5.41, 5.74) is 3.39. The first kappa shape index (κ1) is 13.6. The molecule has 0 spiro atoms. The van der Waals surface area contributed by atoms with Gasteiger partial charge in [0, 0.05) is 15.8 Å². The molecule has 0 fully saturated rings. The summed E-state index contributed by atoms with van der Waals surface area (Å²) in [7, 11) is 0. The number of anilines is 1. The van der Waals surface area contributed by atoms with E-state index in [1.807, 2.05) is 36.4 Å². The standard InChI is InChI=1S/C16H15IN2O/c17-13-5-7-14(8-6-13)19-16(20)15-9-11-3-1-2-4-12(11)10-18-15/h1-8,15,18H,9-10H2,(H,19,20). The van der Waals surface area contributed by atoms with Gasteiger partial charge in [0.25, 0.3) is 0 Å². The van der Waals surface area contributed by atoms with Crippen molar-refractivity contribution in [3.8, 4) is 0 Å². The van der Waals surface area contributed by atoms with Crippen LogP contribution in [-0.4, -0.2) is 11.9 Å². The first-order valence-corrected chi connectivity index (χ1v) is 7.67. The van der Waals surface area contributed by atoms with Crippen LogP contribution >= 0.6 is 22.6 Å². The van der Waals surface area contributed by atoms with Crippen molar-refractivity contribution < 1.29 is 4.79 Å². The highest BCUT2D eigenvalue weighted by molar-refractivity contribution is 14.1. The smallest absolute Gasteiger partial charge is 0.241 e. The van der Waals surface area contributed by atoms with E-state index in [2.05, 4.69) is 45.4 Å². The lowest BCUT2D eigenvalue weighted by atomic mass is 9.95. The van der Waals surface area contributed by atoms with E-state index in [1.54, 1.807) is 0 Å². The van der Waals surface area contributed by atoms with Crippen molar-refractivity contribution >= 4 is 34.2 Å². The van der Waals surface area contributed by atoms with Gasteiger partial charge in [0.05, 0.1) is 6.04 Å². The summed E-state index contributed by atoms with van der Waals surface area (Å²) in [6.07, 6.45) is 0.742. The molecule has 0 bridgehead atoms. The number of benzene rings is 2. The molecule has 2 aromatic rings. The maximum atomic E-state index is 12.3. The van der Waals surface area contributed by atoms with Gasteiger partial charge >= 0.3 is 0 Å². The van der Waals surface area contributed by atoms with Crippen molar-refractivity contribution in [3.63, 3.8) is 0 Å². The highest BCUT2D eigenvalue weighted by atomic mass is 127. The number of fused-ring (bicyclic) bond motifs is 1. The molecule has 2 aromatic carbocycles. The van der Waals surface area contributed by atoms with Gasteiger partial charge in [-0.1, -0.05) is 24.3 Å². The molecule has 102 valence electrons. The van der Waals surface area contributed by atoms with Gasteiger partial charge in [-0.05, 0) is 64.4 Å². The third kappa shape index (κ3) is 3.02. The molecule has 2 N–H and O–H groups in total. The molecule has 4 heteroatoms. The van der Waals surface area contributed by atoms with E-state index in [0.29, 0.717) is 0 Å². The number of carbonyl (C=O) groups excluding carboxylic acids is 1. The second-order valence-corrected chi connectivity index (χ2v) is 6.15. The van der Waals surface area contributed by atoms with Gasteiger partial charge in [0.2, 0.25) is 5.91 Å². The van der Waals surface area contributed by atoms with Crippen molar-refractivity contribution in [1.82, 2.24) is 5.32 Å². The predicted molar refractivity (Wildman–Crippen MR) is 88.6 cm³/mol. The topological polar surface area (TPSA) is 41.1 Å². The fourth-order valence-electron chi connectivity index (χ4n) is 2.40. The average Bonchev–Trinajstić information content (AvgIpc) is 2.49. The Bertz CT molecular complexity index is 625. The number of carbonyl (C=O) groups is 1. The second-order valence-electron chi connectivity index (χ2n) is 4.90. The normalized spacial score (nSPS) is 17.4. The van der Waals surface area contributed by atoms with E-state index >= 15 is 0 Å². The van der Waals surface area contributed by atoms with Crippen LogP contribution in [0, 0.1) is 3.57 Å². The fraction of sp³-hybridized carbons (Fsp3) is 0.188. The highest BCUT2D eigenvalue weighted by Crippen LogP contribution is 2.18. The maximum Gasteiger partial charge on any atom is 0.241 e. The molecule has 1 aliphatic rings. The van der Waals surface area contributed by atoms with E-state index in [1.165, 1.54) is 11.1 Å². The summed E-state index contributed by atoms with van der Waals surface area (Å²) in [6, 6.07) is 15.9. The summed E-state index contributed by atoms with van der Waals surface area (Å²) >= 11 is 2.25. The van der Waals surface area contributed by atoms with Crippen LogP contribution in [0.5, 0.6) is 0 Å². The molecule has 1 amide bonds. The van der Waals surface area contributed by atoms with Crippen molar-refractivity contribution in [3.05, 3.63) is 63.2 Å². The third-order valence-corrected chi connectivity index (χ3v) is 4.23. The Morgan fingerprint density at radius 2 is 1.80 bits per heavy atom. The predicted octanol–water partition coefficient (Wildman–Crippen LogP) is 2.94. The van der Waals surface area contributed by atoms with Crippen LogP contribution in [0.4, 0.5) is 5.69 Å². The van der Waals surface area contributed by atoms with Crippen molar-refractivity contribution in [1.29, 1.82) is 0 Å². The van der Waals surface area contributed by atoms with E-state index in [9.17, 15) is 4.79 Å². The minimum Gasteiger partial charge on any atom is -0.325 e. The molecule has 0 aromatic heterocycles. The highest BCUT2D eigenvalue weighted by Gasteiger charge is 2.23. The molecule has 20 heavy (non-hydrogen) atoms. The van der Waals surface area contributed by atoms with Crippen LogP contribution in [0.2, 0.25) is 0 Å². The molecule has 1 aliphatic heterocycles. The summed E-state index contributed by atoms with van der Waals surface area (Å²) in [5, 5.41) is 6.26. The van der Waals surface area contributed by atoms with Gasteiger partial charge in [0.1, 0.15) is 0 Å². The molecule has 3 nitrogen and oxygen atoms in total. The Labute approximate surface area is 131 Å². The molecule has 0 aliphatic carbocycles. The van der Waals surface area contributed by atoms with Gasteiger partial charge in [-0.25, -0.2) is 0 Å². The minimum absolute atomic E-state index is 0.0284. The van der Waals surface area contributed by atoms with Crippen LogP contribution < -0.4 is 10.6 Å². The monoisotopic (exact) mass is 378 g/mol. The van der Waals surface area contributed by atoms with E-state index in [4.69, 9.17) is 0 Å². The van der Waals surface area contributed by atoms with Gasteiger partial charge < -0.3 is 10.6 Å². The Balaban J connectivity index is 1.68. The Morgan fingerprint density at radius 3 is 2.55 bits per heavy atom. The first-order valence-electron chi connectivity index (χ1n) is 6.59. The van der Waals surface area contributed by atoms with E-state index < -0.39 is 0 Å². The molecule has 0 radical (unpaired) electrons. The Hall–Kier alpha value is -1.40. The number of halogens is 1. The number of amides is 1. The van der Waals surface area contributed by atoms with Crippen LogP contribution in [0.15, 0.2) is 48.5 Å². The third-order valence-electron chi connectivity index (χ3n) is 3.51. The quantitative estimate of drug-likeness (QED) is 0.790. The lowest BCUT2D eigenvalue weighted by molar-refractivity contribution is -0.118. The van der Waals surface area contributed by atoms with Gasteiger partial charge in [-0.3, -0.25) is 4.79 Å². The summed E-state index contributed by atoms with van der Waals surface area (Å²) in [5.74, 6) is 0.0284. The summed E-state index contributed by atoms with van der Waals surface area (Å²) < 4.78 is 1.16. The van der Waals surface area contributed by atoms with Crippen molar-refractivity contribution in [2.75, 3.05) is 5.32 Å². The molecule has 1 atom stereocenters. The molecular formula is C16H15IN2O. The Kier molecular flexibility index (Phi) is 4.03. The zero-order chi connectivity index (χ0) is 13.9. The SMILES string of the molecule is O=C(Nc1ccc(I)cc1)C1Cc2ccccc2CN1. The van der Waals surface area contributed by atoms with Crippen LogP contribution in [0.3, 0.4) is 0 Å². The van der Waals surface area contributed by atoms with Crippen LogP contribution in [-0.2, 0) is 17.8 Å². The first-order chi connectivity index (χ1) is 9.72. The van der Waals surface area contributed by atoms with Crippen LogP contribution in [0.25, 0.3) is 0 Å². The largest absolute Gasteiger partial charge is 0.325 e. The number of nitrogens with one attached hydrogen (secondary N) is 2. The zero-order valence-corrected chi connectivity index (χ0v) is 13.1. The average molecular weight is 378 g/mol. The number of rotatable bonds is 2. The summed E-state index contributed by atoms with van der Waals surface area (Å²) in [6.45, 7) is 0.751. The van der Waals surface area contributed by atoms with E-state index in [-0.39, 0.29) is 11.9 Å². The molecule has 0 saturated heterocycles. The van der Waals surface area contributed by atoms with Crippen LogP contribution in [0.1, 0.15) is 11.1 Å². The van der Waals surface area contributed by atoms with Crippen molar-refractivity contribution in [2.24, 2.45) is 0 Å². The zero-order valence-electron chi connectivity index (χ0n) is 10.9. The van der Waals surface area contributed by atoms with E-state index in [0.717, 1.165) is 22.2 Å². The Morgan fingerprint density at radius 1 is 1.10 bits per heavy atom. The number of hydrogen-bond donors (Lipinski definition) is 2. The van der Waals surface area contributed by atoms with Gasteiger partial charge in [-0.2, -0.15) is 0 Å². The molecule has 0 saturated carbocycles. The summed E-state index contributed by atoms with van der Waals surface area (Å²) in [4.78, 5) is 12.3. The second kappa shape index (κ2) is 5.93. The van der Waals surface area contributed by atoms with Gasteiger partial charge in [0.15, 0.2) is 0 Å². The number of hydrogen-bond acceptors (Lipinski definition) is 2. The molecule has 3 rings (SSSR count). The van der Waals surface area contributed by atoms with Gasteiger partial charge in [-0.15, -0.1) is 0 Å². The maximum absolute atomic E-state index is 12.3. The lowest BCUT2D eigenvalue weighted by Crippen LogP contribution is -2.44. The minimum atomic E-state index is -0.163. The lowest BCUT2D eigenvalue weighted by Gasteiger charge is -2.25. The fourth-order valence-corrected chi connectivity index (χ4v) is 2.76. The molecule has 1 heterocycles. The van der Waals surface area contributed by atoms with Crippen molar-refractivity contribution in [2.45, 2.75) is 19.0 Å². The molecular weight excluding hydrogens is 363 g/mol.